The fraction of sp³-hybridized carbons (Fsp3) is 0.0909. The molecule has 0 amide bonds. The molecule has 0 aliphatic carbocycles. The zero-order chi connectivity index (χ0) is 11.4. The number of ether oxygens (including phenoxy) is 1. The molecule has 0 saturated heterocycles. The second kappa shape index (κ2) is 4.67. The Morgan fingerprint density at radius 1 is 1.31 bits per heavy atom. The first-order valence-electron chi connectivity index (χ1n) is 4.72. The zero-order valence-electron chi connectivity index (χ0n) is 8.43. The largest absolute Gasteiger partial charge is 0.438 e. The van der Waals surface area contributed by atoms with Crippen LogP contribution in [0.2, 0.25) is 0 Å². The van der Waals surface area contributed by atoms with E-state index in [-0.39, 0.29) is 12.4 Å². The van der Waals surface area contributed by atoms with Crippen molar-refractivity contribution in [1.82, 2.24) is 9.97 Å². The molecule has 0 bridgehead atoms. The van der Waals surface area contributed by atoms with Gasteiger partial charge in [-0.05, 0) is 12.1 Å². The van der Waals surface area contributed by atoms with E-state index in [9.17, 15) is 4.39 Å². The van der Waals surface area contributed by atoms with Crippen LogP contribution in [0.5, 0.6) is 11.6 Å². The molecule has 16 heavy (non-hydrogen) atoms. The minimum absolute atomic E-state index is 0.0765. The van der Waals surface area contributed by atoms with Gasteiger partial charge in [-0.1, -0.05) is 6.07 Å². The molecule has 0 spiro atoms. The van der Waals surface area contributed by atoms with Gasteiger partial charge in [0.1, 0.15) is 17.9 Å². The van der Waals surface area contributed by atoms with Crippen LogP contribution in [0.25, 0.3) is 0 Å². The summed E-state index contributed by atoms with van der Waals surface area (Å²) in [7, 11) is 0. The normalized spacial score (nSPS) is 10.1. The SMILES string of the molecule is NCc1c(F)cccc1Oc1ccncn1. The number of hydrogen-bond acceptors (Lipinski definition) is 4. The van der Waals surface area contributed by atoms with E-state index in [1.54, 1.807) is 24.4 Å². The summed E-state index contributed by atoms with van der Waals surface area (Å²) in [5, 5.41) is 0. The van der Waals surface area contributed by atoms with Gasteiger partial charge < -0.3 is 10.5 Å². The molecule has 1 aromatic heterocycles. The number of nitrogens with two attached hydrogens (primary N) is 1. The molecule has 82 valence electrons. The van der Waals surface area contributed by atoms with Gasteiger partial charge >= 0.3 is 0 Å². The summed E-state index contributed by atoms with van der Waals surface area (Å²) in [4.78, 5) is 7.64. The zero-order valence-corrected chi connectivity index (χ0v) is 8.43. The van der Waals surface area contributed by atoms with Crippen LogP contribution in [-0.2, 0) is 6.54 Å². The van der Waals surface area contributed by atoms with Gasteiger partial charge in [0, 0.05) is 24.4 Å². The molecule has 1 aromatic carbocycles. The maximum atomic E-state index is 13.4. The molecular formula is C11H10FN3O. The molecule has 0 aliphatic rings. The van der Waals surface area contributed by atoms with Crippen LogP contribution < -0.4 is 10.5 Å². The Morgan fingerprint density at radius 2 is 2.19 bits per heavy atom. The minimum Gasteiger partial charge on any atom is -0.438 e. The average molecular weight is 219 g/mol. The van der Waals surface area contributed by atoms with Gasteiger partial charge in [0.05, 0.1) is 0 Å². The monoisotopic (exact) mass is 219 g/mol. The first kappa shape index (κ1) is 10.5. The van der Waals surface area contributed by atoms with E-state index < -0.39 is 0 Å². The van der Waals surface area contributed by atoms with Gasteiger partial charge in [-0.2, -0.15) is 0 Å². The summed E-state index contributed by atoms with van der Waals surface area (Å²) in [6.07, 6.45) is 2.90. The maximum absolute atomic E-state index is 13.4. The highest BCUT2D eigenvalue weighted by Gasteiger charge is 2.08. The molecule has 0 atom stereocenters. The van der Waals surface area contributed by atoms with Crippen molar-refractivity contribution in [1.29, 1.82) is 0 Å². The third kappa shape index (κ3) is 2.14. The van der Waals surface area contributed by atoms with Crippen LogP contribution in [0.1, 0.15) is 5.56 Å². The quantitative estimate of drug-likeness (QED) is 0.855. The van der Waals surface area contributed by atoms with E-state index >= 15 is 0 Å². The molecule has 0 radical (unpaired) electrons. The molecule has 1 heterocycles. The second-order valence-corrected chi connectivity index (χ2v) is 3.07. The number of nitrogens with zero attached hydrogens (tertiary/aromatic N) is 2. The third-order valence-electron chi connectivity index (χ3n) is 2.05. The topological polar surface area (TPSA) is 61.0 Å². The van der Waals surface area contributed by atoms with Crippen molar-refractivity contribution in [2.75, 3.05) is 0 Å². The Kier molecular flexibility index (Phi) is 3.07. The lowest BCUT2D eigenvalue weighted by molar-refractivity contribution is 0.448. The molecule has 2 rings (SSSR count). The number of benzene rings is 1. The van der Waals surface area contributed by atoms with E-state index in [0.717, 1.165) is 0 Å². The van der Waals surface area contributed by atoms with E-state index in [0.29, 0.717) is 17.2 Å². The second-order valence-electron chi connectivity index (χ2n) is 3.07. The Bertz CT molecular complexity index is 476. The van der Waals surface area contributed by atoms with Gasteiger partial charge in [0.2, 0.25) is 5.88 Å². The standard InChI is InChI=1S/C11H10FN3O/c12-9-2-1-3-10(8(9)6-13)16-11-4-5-14-7-15-11/h1-5,7H,6,13H2. The van der Waals surface area contributed by atoms with E-state index in [2.05, 4.69) is 9.97 Å². The van der Waals surface area contributed by atoms with Crippen molar-refractivity contribution in [2.45, 2.75) is 6.54 Å². The fourth-order valence-electron chi connectivity index (χ4n) is 1.28. The van der Waals surface area contributed by atoms with Crippen LogP contribution >= 0.6 is 0 Å². The number of hydrogen-bond donors (Lipinski definition) is 1. The van der Waals surface area contributed by atoms with E-state index in [1.165, 1.54) is 12.4 Å². The predicted molar refractivity (Wildman–Crippen MR) is 56.4 cm³/mol. The van der Waals surface area contributed by atoms with Crippen LogP contribution in [0.15, 0.2) is 36.8 Å². The van der Waals surface area contributed by atoms with Crippen LogP contribution in [0, 0.1) is 5.82 Å². The van der Waals surface area contributed by atoms with Crippen molar-refractivity contribution in [3.8, 4) is 11.6 Å². The summed E-state index contributed by atoms with van der Waals surface area (Å²) < 4.78 is 18.8. The lowest BCUT2D eigenvalue weighted by Gasteiger charge is -2.09. The lowest BCUT2D eigenvalue weighted by Crippen LogP contribution is -2.02. The first-order valence-corrected chi connectivity index (χ1v) is 4.72. The highest BCUT2D eigenvalue weighted by atomic mass is 19.1. The molecule has 0 unspecified atom stereocenters. The molecule has 0 fully saturated rings. The number of halogens is 1. The van der Waals surface area contributed by atoms with Gasteiger partial charge in [-0.3, -0.25) is 0 Å². The summed E-state index contributed by atoms with van der Waals surface area (Å²) in [6.45, 7) is 0.0765. The van der Waals surface area contributed by atoms with Crippen molar-refractivity contribution in [2.24, 2.45) is 5.73 Å². The molecular weight excluding hydrogens is 209 g/mol. The van der Waals surface area contributed by atoms with E-state index in [4.69, 9.17) is 10.5 Å². The summed E-state index contributed by atoms with van der Waals surface area (Å²) in [6, 6.07) is 6.14. The summed E-state index contributed by atoms with van der Waals surface area (Å²) in [5.41, 5.74) is 5.79. The Balaban J connectivity index is 2.31. The highest BCUT2D eigenvalue weighted by molar-refractivity contribution is 5.36. The molecule has 2 aromatic rings. The number of rotatable bonds is 3. The van der Waals surface area contributed by atoms with Crippen molar-refractivity contribution < 1.29 is 9.13 Å². The van der Waals surface area contributed by atoms with Gasteiger partial charge in [0.25, 0.3) is 0 Å². The highest BCUT2D eigenvalue weighted by Crippen LogP contribution is 2.25. The molecule has 4 nitrogen and oxygen atoms in total. The van der Waals surface area contributed by atoms with Gasteiger partial charge in [-0.25, -0.2) is 14.4 Å². The smallest absolute Gasteiger partial charge is 0.222 e. The van der Waals surface area contributed by atoms with Crippen LogP contribution in [0.4, 0.5) is 4.39 Å². The average Bonchev–Trinajstić information content (AvgIpc) is 2.31. The molecule has 0 saturated carbocycles. The van der Waals surface area contributed by atoms with Crippen molar-refractivity contribution in [3.63, 3.8) is 0 Å². The fourth-order valence-corrected chi connectivity index (χ4v) is 1.28. The minimum atomic E-state index is -0.381. The van der Waals surface area contributed by atoms with Gasteiger partial charge in [0.15, 0.2) is 0 Å². The molecule has 2 N–H and O–H groups in total. The van der Waals surface area contributed by atoms with Gasteiger partial charge in [-0.15, -0.1) is 0 Å². The summed E-state index contributed by atoms with van der Waals surface area (Å²) >= 11 is 0. The lowest BCUT2D eigenvalue weighted by atomic mass is 10.2. The Morgan fingerprint density at radius 3 is 2.88 bits per heavy atom. The Labute approximate surface area is 91.9 Å². The van der Waals surface area contributed by atoms with Crippen LogP contribution in [0.3, 0.4) is 0 Å². The first-order chi connectivity index (χ1) is 7.81. The van der Waals surface area contributed by atoms with Crippen molar-refractivity contribution >= 4 is 0 Å². The van der Waals surface area contributed by atoms with E-state index in [1.807, 2.05) is 0 Å². The van der Waals surface area contributed by atoms with Crippen LogP contribution in [-0.4, -0.2) is 9.97 Å². The summed E-state index contributed by atoms with van der Waals surface area (Å²) in [5.74, 6) is 0.352. The van der Waals surface area contributed by atoms with Crippen molar-refractivity contribution in [3.05, 3.63) is 48.2 Å². The maximum Gasteiger partial charge on any atom is 0.222 e. The predicted octanol–water partition coefficient (Wildman–Crippen LogP) is 1.87. The number of aromatic nitrogens is 2. The Hall–Kier alpha value is -2.01. The molecule has 0 aliphatic heterocycles. The molecule has 5 heteroatoms. The third-order valence-corrected chi connectivity index (χ3v) is 2.05.